The van der Waals surface area contributed by atoms with Crippen molar-refractivity contribution < 1.29 is 5.11 Å². The normalized spacial score (nSPS) is 14.6. The van der Waals surface area contributed by atoms with Gasteiger partial charge in [0.2, 0.25) is 0 Å². The summed E-state index contributed by atoms with van der Waals surface area (Å²) in [4.78, 5) is 2.17. The lowest BCUT2D eigenvalue weighted by Gasteiger charge is -2.31. The molecule has 0 saturated carbocycles. The van der Waals surface area contributed by atoms with Gasteiger partial charge in [0.25, 0.3) is 0 Å². The zero-order valence-electron chi connectivity index (χ0n) is 12.4. The third-order valence-electron chi connectivity index (χ3n) is 3.94. The maximum absolute atomic E-state index is 9.47. The Bertz CT molecular complexity index is 345. The molecule has 1 aromatic carbocycles. The topological polar surface area (TPSA) is 23.5 Å². The average molecular weight is 249 g/mol. The highest BCUT2D eigenvalue weighted by Gasteiger charge is 2.18. The molecule has 0 aliphatic rings. The van der Waals surface area contributed by atoms with Crippen molar-refractivity contribution in [1.29, 1.82) is 0 Å². The Labute approximate surface area is 112 Å². The van der Waals surface area contributed by atoms with Crippen LogP contribution in [0.1, 0.15) is 45.6 Å². The third-order valence-corrected chi connectivity index (χ3v) is 3.94. The first-order valence-electron chi connectivity index (χ1n) is 6.94. The molecule has 0 aliphatic heterocycles. The number of aliphatic hydroxyl groups excluding tert-OH is 1. The quantitative estimate of drug-likeness (QED) is 0.832. The lowest BCUT2D eigenvalue weighted by atomic mass is 9.98. The first-order chi connectivity index (χ1) is 8.51. The Morgan fingerprint density at radius 1 is 1.11 bits per heavy atom. The molecule has 0 amide bonds. The minimum absolute atomic E-state index is 0.180. The van der Waals surface area contributed by atoms with Crippen molar-refractivity contribution in [3.8, 4) is 0 Å². The molecule has 1 aromatic rings. The van der Waals surface area contributed by atoms with Gasteiger partial charge in [0.05, 0.1) is 12.6 Å². The smallest absolute Gasteiger partial charge is 0.0637 e. The van der Waals surface area contributed by atoms with Gasteiger partial charge >= 0.3 is 0 Å². The van der Waals surface area contributed by atoms with E-state index in [2.05, 4.69) is 63.9 Å². The van der Waals surface area contributed by atoms with Crippen LogP contribution in [0.3, 0.4) is 0 Å². The van der Waals surface area contributed by atoms with E-state index in [-0.39, 0.29) is 12.6 Å². The summed E-state index contributed by atoms with van der Waals surface area (Å²) >= 11 is 0. The number of hydrogen-bond acceptors (Lipinski definition) is 2. The second-order valence-electron chi connectivity index (χ2n) is 5.51. The number of anilines is 1. The Balaban J connectivity index is 2.84. The summed E-state index contributed by atoms with van der Waals surface area (Å²) in [5, 5.41) is 9.47. The lowest BCUT2D eigenvalue weighted by molar-refractivity contribution is 0.234. The highest BCUT2D eigenvalue weighted by atomic mass is 16.3. The van der Waals surface area contributed by atoms with E-state index in [9.17, 15) is 5.11 Å². The Kier molecular flexibility index (Phi) is 5.67. The summed E-state index contributed by atoms with van der Waals surface area (Å²) in [6, 6.07) is 8.90. The molecule has 0 aliphatic carbocycles. The van der Waals surface area contributed by atoms with Crippen LogP contribution in [0.4, 0.5) is 5.69 Å². The standard InChI is InChI=1S/C16H27NO/c1-6-13(4)14-7-9-15(10-8-14)17(5)16(11-18)12(2)3/h7-10,12-13,16,18H,6,11H2,1-5H3. The van der Waals surface area contributed by atoms with Crippen molar-refractivity contribution in [1.82, 2.24) is 0 Å². The molecule has 18 heavy (non-hydrogen) atoms. The molecule has 0 radical (unpaired) electrons. The highest BCUT2D eigenvalue weighted by Crippen LogP contribution is 2.24. The largest absolute Gasteiger partial charge is 0.394 e. The summed E-state index contributed by atoms with van der Waals surface area (Å²) < 4.78 is 0. The summed E-state index contributed by atoms with van der Waals surface area (Å²) in [7, 11) is 2.05. The summed E-state index contributed by atoms with van der Waals surface area (Å²) in [6.45, 7) is 8.95. The Morgan fingerprint density at radius 2 is 1.67 bits per heavy atom. The molecule has 2 heteroatoms. The molecule has 0 aromatic heterocycles. The fourth-order valence-electron chi connectivity index (χ4n) is 2.25. The summed E-state index contributed by atoms with van der Waals surface area (Å²) in [5.74, 6) is 1.05. The molecular formula is C16H27NO. The third kappa shape index (κ3) is 3.49. The van der Waals surface area contributed by atoms with Gasteiger partial charge in [-0.25, -0.2) is 0 Å². The van der Waals surface area contributed by atoms with E-state index in [1.54, 1.807) is 0 Å². The van der Waals surface area contributed by atoms with Gasteiger partial charge in [-0.2, -0.15) is 0 Å². The van der Waals surface area contributed by atoms with Crippen molar-refractivity contribution in [3.63, 3.8) is 0 Å². The fraction of sp³-hybridized carbons (Fsp3) is 0.625. The molecule has 0 saturated heterocycles. The number of aliphatic hydroxyl groups is 1. The van der Waals surface area contributed by atoms with Crippen molar-refractivity contribution >= 4 is 5.69 Å². The predicted molar refractivity (Wildman–Crippen MR) is 79.3 cm³/mol. The van der Waals surface area contributed by atoms with E-state index in [0.29, 0.717) is 11.8 Å². The molecule has 102 valence electrons. The van der Waals surface area contributed by atoms with Gasteiger partial charge in [0, 0.05) is 12.7 Å². The second-order valence-corrected chi connectivity index (χ2v) is 5.51. The van der Waals surface area contributed by atoms with Crippen molar-refractivity contribution in [2.24, 2.45) is 5.92 Å². The maximum Gasteiger partial charge on any atom is 0.0637 e. The molecule has 2 atom stereocenters. The van der Waals surface area contributed by atoms with E-state index < -0.39 is 0 Å². The summed E-state index contributed by atoms with van der Waals surface area (Å²) in [5.41, 5.74) is 2.56. The van der Waals surface area contributed by atoms with Gasteiger partial charge < -0.3 is 10.0 Å². The van der Waals surface area contributed by atoms with Gasteiger partial charge in [0.15, 0.2) is 0 Å². The second kappa shape index (κ2) is 6.79. The minimum Gasteiger partial charge on any atom is -0.394 e. The van der Waals surface area contributed by atoms with Gasteiger partial charge in [0.1, 0.15) is 0 Å². The van der Waals surface area contributed by atoms with Crippen LogP contribution in [-0.4, -0.2) is 24.8 Å². The molecule has 0 spiro atoms. The number of rotatable bonds is 6. The zero-order valence-corrected chi connectivity index (χ0v) is 12.4. The monoisotopic (exact) mass is 249 g/mol. The number of hydrogen-bond donors (Lipinski definition) is 1. The first kappa shape index (κ1) is 15.0. The van der Waals surface area contributed by atoms with Gasteiger partial charge in [-0.15, -0.1) is 0 Å². The van der Waals surface area contributed by atoms with Crippen LogP contribution in [0.5, 0.6) is 0 Å². The van der Waals surface area contributed by atoms with Crippen LogP contribution in [0, 0.1) is 5.92 Å². The molecule has 0 heterocycles. The predicted octanol–water partition coefficient (Wildman–Crippen LogP) is 3.65. The molecule has 2 nitrogen and oxygen atoms in total. The van der Waals surface area contributed by atoms with Gasteiger partial charge in [-0.3, -0.25) is 0 Å². The van der Waals surface area contributed by atoms with E-state index >= 15 is 0 Å². The highest BCUT2D eigenvalue weighted by molar-refractivity contribution is 5.48. The van der Waals surface area contributed by atoms with E-state index in [4.69, 9.17) is 0 Å². The number of benzene rings is 1. The van der Waals surface area contributed by atoms with Crippen molar-refractivity contribution in [2.75, 3.05) is 18.6 Å². The zero-order chi connectivity index (χ0) is 13.7. The van der Waals surface area contributed by atoms with Crippen LogP contribution < -0.4 is 4.90 Å². The molecular weight excluding hydrogens is 222 g/mol. The lowest BCUT2D eigenvalue weighted by Crippen LogP contribution is -2.38. The molecule has 2 unspecified atom stereocenters. The first-order valence-corrected chi connectivity index (χ1v) is 6.94. The number of nitrogens with zero attached hydrogens (tertiary/aromatic N) is 1. The van der Waals surface area contributed by atoms with E-state index in [0.717, 1.165) is 0 Å². The van der Waals surface area contributed by atoms with Crippen LogP contribution in [0.2, 0.25) is 0 Å². The van der Waals surface area contributed by atoms with Crippen molar-refractivity contribution in [3.05, 3.63) is 29.8 Å². The van der Waals surface area contributed by atoms with Gasteiger partial charge in [-0.05, 0) is 36.0 Å². The number of likely N-dealkylation sites (N-methyl/N-ethyl adjacent to an activating group) is 1. The Morgan fingerprint density at radius 3 is 2.06 bits per heavy atom. The van der Waals surface area contributed by atoms with Crippen LogP contribution in [-0.2, 0) is 0 Å². The van der Waals surface area contributed by atoms with E-state index in [1.165, 1.54) is 17.7 Å². The van der Waals surface area contributed by atoms with Crippen LogP contribution in [0.25, 0.3) is 0 Å². The fourth-order valence-corrected chi connectivity index (χ4v) is 2.25. The van der Waals surface area contributed by atoms with Crippen LogP contribution in [0.15, 0.2) is 24.3 Å². The minimum atomic E-state index is 0.180. The van der Waals surface area contributed by atoms with Crippen LogP contribution >= 0.6 is 0 Å². The molecule has 0 bridgehead atoms. The van der Waals surface area contributed by atoms with E-state index in [1.807, 2.05) is 0 Å². The average Bonchev–Trinajstić information content (AvgIpc) is 2.38. The van der Waals surface area contributed by atoms with Crippen molar-refractivity contribution in [2.45, 2.75) is 46.1 Å². The van der Waals surface area contributed by atoms with Gasteiger partial charge in [-0.1, -0.05) is 39.8 Å². The Hall–Kier alpha value is -1.02. The molecule has 0 fully saturated rings. The molecule has 1 rings (SSSR count). The maximum atomic E-state index is 9.47. The SMILES string of the molecule is CCC(C)c1ccc(N(C)C(CO)C(C)C)cc1. The molecule has 1 N–H and O–H groups in total. The summed E-state index contributed by atoms with van der Waals surface area (Å²) in [6.07, 6.45) is 1.17.